The Kier molecular flexibility index (Phi) is 7.79. The van der Waals surface area contributed by atoms with Gasteiger partial charge in [0.15, 0.2) is 0 Å². The monoisotopic (exact) mass is 405 g/mol. The molecule has 0 radical (unpaired) electrons. The molecule has 1 heterocycles. The minimum Gasteiger partial charge on any atom is -0.545 e. The van der Waals surface area contributed by atoms with Crippen LogP contribution in [0.4, 0.5) is 0 Å². The molecule has 0 bridgehead atoms. The third-order valence-corrected chi connectivity index (χ3v) is 4.44. The minimum absolute atomic E-state index is 0. The second kappa shape index (κ2) is 9.66. The number of aromatic nitrogens is 1. The van der Waals surface area contributed by atoms with Gasteiger partial charge in [0.1, 0.15) is 5.75 Å². The van der Waals surface area contributed by atoms with Crippen molar-refractivity contribution in [3.8, 4) is 22.7 Å². The molecule has 2 aromatic carbocycles. The Hall–Kier alpha value is -1.72. The van der Waals surface area contributed by atoms with Crippen LogP contribution in [0.5, 0.6) is 5.75 Å². The molecule has 0 atom stereocenters. The van der Waals surface area contributed by atoms with Crippen LogP contribution in [0.15, 0.2) is 54.6 Å². The summed E-state index contributed by atoms with van der Waals surface area (Å²) in [5.74, 6) is -0.0720. The summed E-state index contributed by atoms with van der Waals surface area (Å²) in [5, 5.41) is 11.9. The van der Waals surface area contributed by atoms with Crippen LogP contribution in [-0.4, -0.2) is 17.1 Å². The van der Waals surface area contributed by atoms with Crippen molar-refractivity contribution in [2.45, 2.75) is 20.8 Å². The largest absolute Gasteiger partial charge is 1.00 e. The van der Waals surface area contributed by atoms with Crippen LogP contribution in [0.1, 0.15) is 29.9 Å². The van der Waals surface area contributed by atoms with Gasteiger partial charge in [0.05, 0.1) is 18.3 Å². The fraction of sp³-hybridized carbons (Fsp3) is 0.227. The normalized spacial score (nSPS) is 10.6. The summed E-state index contributed by atoms with van der Waals surface area (Å²) in [6, 6.07) is 16.2. The molecular formula is C22H21ClNNaO3. The first-order valence-electron chi connectivity index (χ1n) is 8.79. The molecule has 6 heteroatoms. The van der Waals surface area contributed by atoms with Gasteiger partial charge in [-0.1, -0.05) is 37.6 Å². The molecule has 0 aliphatic rings. The quantitative estimate of drug-likeness (QED) is 0.584. The number of ether oxygens (including phenoxy) is 1. The van der Waals surface area contributed by atoms with Crippen molar-refractivity contribution >= 4 is 17.6 Å². The first kappa shape index (κ1) is 22.6. The molecule has 3 aromatic rings. The smallest absolute Gasteiger partial charge is 0.545 e. The van der Waals surface area contributed by atoms with Crippen molar-refractivity contribution in [3.63, 3.8) is 0 Å². The topological polar surface area (TPSA) is 54.3 Å². The summed E-state index contributed by atoms with van der Waals surface area (Å²) in [5.41, 5.74) is 3.58. The SMILES string of the molecule is Cc1ccc(-c2cc(Cl)ccc2OCC(C)C)n1-c1cccc(C(=O)[O-])c1.[Na+]. The Morgan fingerprint density at radius 3 is 2.57 bits per heavy atom. The van der Waals surface area contributed by atoms with E-state index in [0.29, 0.717) is 17.5 Å². The van der Waals surface area contributed by atoms with Crippen LogP contribution in [-0.2, 0) is 0 Å². The van der Waals surface area contributed by atoms with Gasteiger partial charge in [-0.3, -0.25) is 0 Å². The number of nitrogens with zero attached hydrogens (tertiary/aromatic N) is 1. The molecule has 1 aromatic heterocycles. The number of carboxylic acids is 1. The summed E-state index contributed by atoms with van der Waals surface area (Å²) in [7, 11) is 0. The first-order valence-corrected chi connectivity index (χ1v) is 9.17. The maximum absolute atomic E-state index is 11.3. The Labute approximate surface area is 192 Å². The maximum atomic E-state index is 11.3. The van der Waals surface area contributed by atoms with E-state index in [2.05, 4.69) is 13.8 Å². The number of benzene rings is 2. The summed E-state index contributed by atoms with van der Waals surface area (Å²) in [6.45, 7) is 6.74. The van der Waals surface area contributed by atoms with E-state index >= 15 is 0 Å². The summed E-state index contributed by atoms with van der Waals surface area (Å²) < 4.78 is 7.98. The average Bonchev–Trinajstić information content (AvgIpc) is 3.02. The van der Waals surface area contributed by atoms with Gasteiger partial charge in [-0.05, 0) is 60.9 Å². The van der Waals surface area contributed by atoms with Crippen LogP contribution in [0, 0.1) is 12.8 Å². The minimum atomic E-state index is -1.20. The predicted molar refractivity (Wildman–Crippen MR) is 106 cm³/mol. The zero-order valence-electron chi connectivity index (χ0n) is 16.5. The standard InChI is InChI=1S/C22H22ClNO3.Na/c1-14(2)13-27-21-10-8-17(23)12-19(21)20-9-7-15(3)24(20)18-6-4-5-16(11-18)22(25)26;/h4-12,14H,13H2,1-3H3,(H,25,26);/q;+1/p-1. The van der Waals surface area contributed by atoms with Gasteiger partial charge >= 0.3 is 29.6 Å². The van der Waals surface area contributed by atoms with E-state index in [0.717, 1.165) is 28.4 Å². The van der Waals surface area contributed by atoms with Crippen LogP contribution in [0.2, 0.25) is 5.02 Å². The molecule has 0 amide bonds. The van der Waals surface area contributed by atoms with Crippen LogP contribution in [0.3, 0.4) is 0 Å². The Bertz CT molecular complexity index is 982. The fourth-order valence-electron chi connectivity index (χ4n) is 2.95. The number of carboxylic acid groups (broad SMARTS) is 1. The summed E-state index contributed by atoms with van der Waals surface area (Å²) in [6.07, 6.45) is 0. The number of rotatable bonds is 6. The molecule has 0 saturated heterocycles. The number of aromatic carboxylic acids is 1. The van der Waals surface area contributed by atoms with E-state index in [1.807, 2.05) is 41.8 Å². The van der Waals surface area contributed by atoms with Crippen molar-refractivity contribution in [3.05, 3.63) is 70.9 Å². The van der Waals surface area contributed by atoms with Crippen LogP contribution >= 0.6 is 11.6 Å². The number of halogens is 1. The van der Waals surface area contributed by atoms with Gasteiger partial charge in [-0.2, -0.15) is 0 Å². The van der Waals surface area contributed by atoms with Crippen LogP contribution < -0.4 is 39.4 Å². The van der Waals surface area contributed by atoms with E-state index in [1.165, 1.54) is 6.07 Å². The number of aryl methyl sites for hydroxylation is 1. The second-order valence-corrected chi connectivity index (χ2v) is 7.31. The fourth-order valence-corrected chi connectivity index (χ4v) is 3.12. The molecule has 0 aliphatic carbocycles. The van der Waals surface area contributed by atoms with E-state index < -0.39 is 5.97 Å². The third-order valence-electron chi connectivity index (χ3n) is 4.21. The van der Waals surface area contributed by atoms with E-state index in [4.69, 9.17) is 16.3 Å². The first-order chi connectivity index (χ1) is 12.9. The molecule has 0 unspecified atom stereocenters. The molecule has 0 N–H and O–H groups in total. The van der Waals surface area contributed by atoms with E-state index in [-0.39, 0.29) is 35.1 Å². The molecule has 140 valence electrons. The van der Waals surface area contributed by atoms with Crippen LogP contribution in [0.25, 0.3) is 16.9 Å². The molecule has 0 saturated carbocycles. The van der Waals surface area contributed by atoms with Crippen molar-refractivity contribution in [2.24, 2.45) is 5.92 Å². The van der Waals surface area contributed by atoms with Crippen molar-refractivity contribution in [1.29, 1.82) is 0 Å². The van der Waals surface area contributed by atoms with Gasteiger partial charge in [-0.25, -0.2) is 0 Å². The Morgan fingerprint density at radius 1 is 1.14 bits per heavy atom. The average molecular weight is 406 g/mol. The molecular weight excluding hydrogens is 385 g/mol. The molecule has 28 heavy (non-hydrogen) atoms. The summed E-state index contributed by atoms with van der Waals surface area (Å²) in [4.78, 5) is 11.3. The maximum Gasteiger partial charge on any atom is 1.00 e. The van der Waals surface area contributed by atoms with Gasteiger partial charge in [0.2, 0.25) is 0 Å². The molecule has 0 aliphatic heterocycles. The second-order valence-electron chi connectivity index (χ2n) is 6.88. The Morgan fingerprint density at radius 2 is 1.89 bits per heavy atom. The number of hydrogen-bond acceptors (Lipinski definition) is 3. The molecule has 3 rings (SSSR count). The van der Waals surface area contributed by atoms with Crippen molar-refractivity contribution in [1.82, 2.24) is 4.57 Å². The number of carbonyl (C=O) groups is 1. The van der Waals surface area contributed by atoms with Gasteiger partial charge in [-0.15, -0.1) is 0 Å². The zero-order chi connectivity index (χ0) is 19.6. The van der Waals surface area contributed by atoms with Crippen molar-refractivity contribution < 1.29 is 44.2 Å². The third kappa shape index (κ3) is 5.00. The van der Waals surface area contributed by atoms with E-state index in [1.54, 1.807) is 18.2 Å². The summed E-state index contributed by atoms with van der Waals surface area (Å²) >= 11 is 6.25. The number of hydrogen-bond donors (Lipinski definition) is 0. The van der Waals surface area contributed by atoms with Crippen molar-refractivity contribution in [2.75, 3.05) is 6.61 Å². The van der Waals surface area contributed by atoms with Gasteiger partial charge in [0, 0.05) is 22.0 Å². The number of carbonyl (C=O) groups excluding carboxylic acids is 1. The zero-order valence-corrected chi connectivity index (χ0v) is 19.3. The predicted octanol–water partition coefficient (Wildman–Crippen LogP) is 1.51. The molecule has 0 spiro atoms. The van der Waals surface area contributed by atoms with E-state index in [9.17, 15) is 9.90 Å². The Balaban J connectivity index is 0.00000280. The van der Waals surface area contributed by atoms with Gasteiger partial charge in [0.25, 0.3) is 0 Å². The molecule has 0 fully saturated rings. The molecule has 4 nitrogen and oxygen atoms in total. The van der Waals surface area contributed by atoms with Gasteiger partial charge < -0.3 is 19.2 Å².